The van der Waals surface area contributed by atoms with Gasteiger partial charge in [0.05, 0.1) is 0 Å². The van der Waals surface area contributed by atoms with E-state index in [1.54, 1.807) is 0 Å². The number of hydrogen-bond acceptors (Lipinski definition) is 1. The minimum absolute atomic E-state index is 0. The number of rotatable bonds is 0. The summed E-state index contributed by atoms with van der Waals surface area (Å²) in [5, 5.41) is 0. The van der Waals surface area contributed by atoms with Crippen LogP contribution in [0.4, 0.5) is 0 Å². The first-order valence-corrected chi connectivity index (χ1v) is 4.07. The van der Waals surface area contributed by atoms with E-state index < -0.39 is 14.5 Å². The Kier molecular flexibility index (Phi) is 331. The van der Waals surface area contributed by atoms with Crippen LogP contribution in [-0.4, -0.2) is 124 Å². The monoisotopic (exact) mass is 314 g/mol. The Morgan fingerprint density at radius 1 is 0.571 bits per heavy atom. The molecule has 0 aromatic carbocycles. The summed E-state index contributed by atoms with van der Waals surface area (Å²) in [6.07, 6.45) is 0. The molecule has 0 fully saturated rings. The van der Waals surface area contributed by atoms with Gasteiger partial charge in [0.1, 0.15) is 0 Å². The van der Waals surface area contributed by atoms with E-state index in [0.29, 0.717) is 0 Å². The Morgan fingerprint density at radius 3 is 0.571 bits per heavy atom. The van der Waals surface area contributed by atoms with Gasteiger partial charge in [-0.3, -0.25) is 0 Å². The standard InChI is InChI=1S/AsH3O4.2Na.7H2O/c2-1(3,4)5;;;;;;;;;/h(H3,2,3,4,5);;;7*1H2. The van der Waals surface area contributed by atoms with Gasteiger partial charge in [0.15, 0.2) is 0 Å². The maximum Gasteiger partial charge on any atom is 0 e. The molecule has 0 unspecified atom stereocenters. The van der Waals surface area contributed by atoms with E-state index in [4.69, 9.17) is 16.0 Å². The predicted molar refractivity (Wildman–Crippen MR) is 49.9 cm³/mol. The molecule has 0 saturated heterocycles. The van der Waals surface area contributed by atoms with Gasteiger partial charge in [-0.2, -0.15) is 0 Å². The maximum absolute atomic E-state index is 8.94. The van der Waals surface area contributed by atoms with Crippen LogP contribution in [0.5, 0.6) is 0 Å². The molecule has 2 radical (unpaired) electrons. The third-order valence-electron chi connectivity index (χ3n) is 0. The van der Waals surface area contributed by atoms with Gasteiger partial charge in [-0.25, -0.2) is 0 Å². The van der Waals surface area contributed by atoms with Crippen molar-refractivity contribution in [2.24, 2.45) is 0 Å². The summed E-state index contributed by atoms with van der Waals surface area (Å²) >= 11 is -5.12. The fourth-order valence-corrected chi connectivity index (χ4v) is 0. The fourth-order valence-electron chi connectivity index (χ4n) is 0. The molecule has 0 aliphatic rings. The molecule has 0 rings (SSSR count). The molecule has 0 aromatic heterocycles. The predicted octanol–water partition coefficient (Wildman–Crippen LogP) is -8.71. The van der Waals surface area contributed by atoms with Crippen molar-refractivity contribution in [1.82, 2.24) is 0 Å². The van der Waals surface area contributed by atoms with Crippen molar-refractivity contribution >= 4 is 73.6 Å². The molecule has 11 nitrogen and oxygen atoms in total. The largest absolute Gasteiger partial charge is 0 e. The van der Waals surface area contributed by atoms with Gasteiger partial charge in [0.2, 0.25) is 0 Å². The molecule has 90 valence electrons. The first-order valence-electron chi connectivity index (χ1n) is 0.783. The molecule has 14 heteroatoms. The maximum atomic E-state index is 8.94. The van der Waals surface area contributed by atoms with Crippen LogP contribution in [0.3, 0.4) is 0 Å². The van der Waals surface area contributed by atoms with Crippen LogP contribution < -0.4 is 0 Å². The molecule has 0 aromatic rings. The topological polar surface area (TPSA) is 298 Å². The molecule has 0 amide bonds. The average molecular weight is 314 g/mol. The first kappa shape index (κ1) is 101. The molecule has 0 aliphatic carbocycles. The third kappa shape index (κ3) is 611. The van der Waals surface area contributed by atoms with Gasteiger partial charge in [0, 0.05) is 59.1 Å². The summed E-state index contributed by atoms with van der Waals surface area (Å²) in [5.74, 6) is 0. The first-order chi connectivity index (χ1) is 2.00. The summed E-state index contributed by atoms with van der Waals surface area (Å²) in [5.41, 5.74) is 0. The van der Waals surface area contributed by atoms with Gasteiger partial charge < -0.3 is 38.3 Å². The summed E-state index contributed by atoms with van der Waals surface area (Å²) in [6, 6.07) is 0. The molecular formula is H17AsNa2O11. The summed E-state index contributed by atoms with van der Waals surface area (Å²) < 4.78 is 30.7. The smallest absolute Gasteiger partial charge is 0 e. The van der Waals surface area contributed by atoms with Gasteiger partial charge in [0.25, 0.3) is 0 Å². The Bertz CT molecular complexity index is 59.4. The molecule has 14 heavy (non-hydrogen) atoms. The van der Waals surface area contributed by atoms with Crippen molar-refractivity contribution in [3.05, 3.63) is 0 Å². The van der Waals surface area contributed by atoms with Crippen molar-refractivity contribution in [2.45, 2.75) is 0 Å². The second kappa shape index (κ2) is 46.0. The molecule has 0 heterocycles. The van der Waals surface area contributed by atoms with E-state index in [2.05, 4.69) is 0 Å². The average Bonchev–Trinajstić information content (AvgIpc) is 0.722. The SMILES string of the molecule is O.O.O.O.O.O.O.O=[As](O)(O)O.[Na].[Na]. The molecule has 0 spiro atoms. The van der Waals surface area contributed by atoms with Crippen molar-refractivity contribution in [1.29, 1.82) is 0 Å². The van der Waals surface area contributed by atoms with E-state index in [1.807, 2.05) is 0 Å². The molecule has 0 bridgehead atoms. The quantitative estimate of drug-likeness (QED) is 0.366. The number of hydrogen-bond donors (Lipinski definition) is 3. The molecule has 0 aliphatic heterocycles. The zero-order valence-electron chi connectivity index (χ0n) is 7.70. The Labute approximate surface area is 127 Å². The molecule has 17 N–H and O–H groups in total. The van der Waals surface area contributed by atoms with Gasteiger partial charge in [-0.15, -0.1) is 0 Å². The Hall–Kier alpha value is 1.96. The molecule has 0 atom stereocenters. The van der Waals surface area contributed by atoms with Crippen molar-refractivity contribution in [3.8, 4) is 0 Å². The summed E-state index contributed by atoms with van der Waals surface area (Å²) in [6.45, 7) is 0. The summed E-state index contributed by atoms with van der Waals surface area (Å²) in [7, 11) is 0. The van der Waals surface area contributed by atoms with Crippen LogP contribution in [0, 0.1) is 0 Å². The zero-order chi connectivity index (χ0) is 4.50. The van der Waals surface area contributed by atoms with E-state index in [9.17, 15) is 0 Å². The second-order valence-electron chi connectivity index (χ2n) is 0.513. The van der Waals surface area contributed by atoms with Crippen LogP contribution in [0.1, 0.15) is 0 Å². The zero-order valence-corrected chi connectivity index (χ0v) is 13.6. The van der Waals surface area contributed by atoms with E-state index in [-0.39, 0.29) is 97.4 Å². The third-order valence-corrected chi connectivity index (χ3v) is 0. The van der Waals surface area contributed by atoms with E-state index >= 15 is 0 Å². The van der Waals surface area contributed by atoms with Crippen molar-refractivity contribution < 1.29 is 54.4 Å². The Balaban J connectivity index is -0.00000000222. The minimum atomic E-state index is -5.12. The van der Waals surface area contributed by atoms with Crippen LogP contribution >= 0.6 is 0 Å². The fraction of sp³-hybridized carbons (Fsp3) is 0. The van der Waals surface area contributed by atoms with Gasteiger partial charge >= 0.3 is 30.5 Å². The van der Waals surface area contributed by atoms with Gasteiger partial charge in [-0.1, -0.05) is 0 Å². The molecular weight excluding hydrogens is 297 g/mol. The van der Waals surface area contributed by atoms with E-state index in [1.165, 1.54) is 0 Å². The second-order valence-corrected chi connectivity index (χ2v) is 2.67. The van der Waals surface area contributed by atoms with Crippen LogP contribution in [0.25, 0.3) is 0 Å². The Morgan fingerprint density at radius 2 is 0.571 bits per heavy atom. The minimum Gasteiger partial charge on any atom is 0 e. The molecule has 0 saturated carbocycles. The van der Waals surface area contributed by atoms with Crippen LogP contribution in [0.15, 0.2) is 0 Å². The van der Waals surface area contributed by atoms with E-state index in [0.717, 1.165) is 0 Å². The normalized spacial score (nSPS) is 4.21. The van der Waals surface area contributed by atoms with Crippen LogP contribution in [-0.2, 0) is 3.74 Å². The summed E-state index contributed by atoms with van der Waals surface area (Å²) in [4.78, 5) is 0. The van der Waals surface area contributed by atoms with Gasteiger partial charge in [-0.05, 0) is 0 Å². The van der Waals surface area contributed by atoms with Crippen molar-refractivity contribution in [3.63, 3.8) is 0 Å². The van der Waals surface area contributed by atoms with Crippen molar-refractivity contribution in [2.75, 3.05) is 0 Å². The van der Waals surface area contributed by atoms with Crippen LogP contribution in [0.2, 0.25) is 0 Å².